The fourth-order valence-corrected chi connectivity index (χ4v) is 3.18. The number of aromatic nitrogens is 3. The Kier molecular flexibility index (Phi) is 5.87. The second-order valence-electron chi connectivity index (χ2n) is 6.62. The fourth-order valence-electron chi connectivity index (χ4n) is 3.18. The van der Waals surface area contributed by atoms with Crippen molar-refractivity contribution in [3.63, 3.8) is 0 Å². The lowest BCUT2D eigenvalue weighted by atomic mass is 9.95. The smallest absolute Gasteiger partial charge is 0.338 e. The highest BCUT2D eigenvalue weighted by molar-refractivity contribution is 5.92. The summed E-state index contributed by atoms with van der Waals surface area (Å²) in [5.74, 6) is 1.46. The summed E-state index contributed by atoms with van der Waals surface area (Å²) in [4.78, 5) is 17.1. The minimum atomic E-state index is -0.486. The number of ether oxygens (including phenoxy) is 3. The van der Waals surface area contributed by atoms with Gasteiger partial charge in [0.25, 0.3) is 0 Å². The number of nitrogens with zero attached hydrogens (tertiary/aromatic N) is 3. The molecule has 2 aromatic rings. The Hall–Kier alpha value is -3.03. The van der Waals surface area contributed by atoms with Crippen LogP contribution in [0.4, 0.5) is 5.95 Å². The van der Waals surface area contributed by atoms with Crippen molar-refractivity contribution in [3.05, 3.63) is 41.4 Å². The molecule has 2 heterocycles. The lowest BCUT2D eigenvalue weighted by Crippen LogP contribution is -2.30. The summed E-state index contributed by atoms with van der Waals surface area (Å²) in [5.41, 5.74) is 2.00. The first kappa shape index (κ1) is 19.7. The molecule has 0 amide bonds. The third-order valence-corrected chi connectivity index (χ3v) is 4.24. The minimum absolute atomic E-state index is 0.232. The van der Waals surface area contributed by atoms with E-state index in [4.69, 9.17) is 14.2 Å². The van der Waals surface area contributed by atoms with E-state index in [1.54, 1.807) is 4.68 Å². The molecule has 0 radical (unpaired) electrons. The molecule has 0 bridgehead atoms. The Morgan fingerprint density at radius 3 is 2.61 bits per heavy atom. The number of rotatable bonds is 7. The van der Waals surface area contributed by atoms with Crippen LogP contribution in [-0.2, 0) is 9.53 Å². The van der Waals surface area contributed by atoms with E-state index >= 15 is 0 Å². The van der Waals surface area contributed by atoms with Crippen molar-refractivity contribution >= 4 is 11.9 Å². The van der Waals surface area contributed by atoms with Gasteiger partial charge in [-0.15, -0.1) is 0 Å². The van der Waals surface area contributed by atoms with E-state index in [0.29, 0.717) is 41.9 Å². The predicted octanol–water partition coefficient (Wildman–Crippen LogP) is 3.32. The highest BCUT2D eigenvalue weighted by Gasteiger charge is 2.35. The van der Waals surface area contributed by atoms with E-state index in [9.17, 15) is 4.79 Å². The zero-order chi connectivity index (χ0) is 20.3. The molecule has 0 saturated carbocycles. The van der Waals surface area contributed by atoms with Gasteiger partial charge in [0.2, 0.25) is 5.95 Å². The van der Waals surface area contributed by atoms with E-state index in [1.807, 2.05) is 52.8 Å². The molecule has 0 saturated heterocycles. The van der Waals surface area contributed by atoms with Crippen molar-refractivity contribution in [2.75, 3.05) is 18.5 Å². The Morgan fingerprint density at radius 1 is 1.21 bits per heavy atom. The van der Waals surface area contributed by atoms with Crippen LogP contribution in [-0.4, -0.2) is 40.1 Å². The highest BCUT2D eigenvalue weighted by atomic mass is 16.5. The van der Waals surface area contributed by atoms with E-state index in [0.717, 1.165) is 5.56 Å². The third-order valence-electron chi connectivity index (χ3n) is 4.24. The average molecular weight is 386 g/mol. The van der Waals surface area contributed by atoms with Crippen LogP contribution in [0, 0.1) is 0 Å². The monoisotopic (exact) mass is 386 g/mol. The van der Waals surface area contributed by atoms with Crippen molar-refractivity contribution in [2.24, 2.45) is 0 Å². The van der Waals surface area contributed by atoms with Gasteiger partial charge in [0.05, 0.1) is 24.9 Å². The quantitative estimate of drug-likeness (QED) is 0.730. The molecule has 1 atom stereocenters. The summed E-state index contributed by atoms with van der Waals surface area (Å²) in [6.07, 6.45) is 1.22. The number of anilines is 1. The highest BCUT2D eigenvalue weighted by Crippen LogP contribution is 2.39. The molecule has 1 N–H and O–H groups in total. The molecule has 3 rings (SSSR count). The fraction of sp³-hybridized carbons (Fsp3) is 0.450. The standard InChI is InChI=1S/C20H26N4O4/c1-6-26-15-9-8-14(10-16(15)27-7-2)18-17(19(25)28-12(3)4)13(5)23-20-21-11-22-24(18)20/h8-12,18H,6-7H2,1-5H3,(H,21,22,23). The van der Waals surface area contributed by atoms with Crippen LogP contribution in [0.25, 0.3) is 0 Å². The van der Waals surface area contributed by atoms with Gasteiger partial charge in [-0.05, 0) is 52.3 Å². The number of hydrogen-bond acceptors (Lipinski definition) is 7. The number of fused-ring (bicyclic) bond motifs is 1. The first-order valence-electron chi connectivity index (χ1n) is 9.44. The van der Waals surface area contributed by atoms with Crippen LogP contribution in [0.15, 0.2) is 35.8 Å². The van der Waals surface area contributed by atoms with Crippen molar-refractivity contribution in [1.82, 2.24) is 14.8 Å². The van der Waals surface area contributed by atoms with E-state index in [2.05, 4.69) is 15.4 Å². The number of nitrogens with one attached hydrogen (secondary N) is 1. The zero-order valence-electron chi connectivity index (χ0n) is 16.9. The Labute approximate surface area is 164 Å². The molecule has 1 unspecified atom stereocenters. The molecule has 1 aliphatic heterocycles. The number of carbonyl (C=O) groups is 1. The van der Waals surface area contributed by atoms with Crippen LogP contribution < -0.4 is 14.8 Å². The number of hydrogen-bond donors (Lipinski definition) is 1. The number of benzene rings is 1. The van der Waals surface area contributed by atoms with E-state index < -0.39 is 12.0 Å². The third kappa shape index (κ3) is 3.81. The zero-order valence-corrected chi connectivity index (χ0v) is 16.9. The topological polar surface area (TPSA) is 87.5 Å². The van der Waals surface area contributed by atoms with Gasteiger partial charge in [-0.2, -0.15) is 10.1 Å². The summed E-state index contributed by atoms with van der Waals surface area (Å²) in [5, 5.41) is 7.45. The van der Waals surface area contributed by atoms with Crippen molar-refractivity contribution in [2.45, 2.75) is 46.8 Å². The maximum Gasteiger partial charge on any atom is 0.338 e. The summed E-state index contributed by atoms with van der Waals surface area (Å²) < 4.78 is 18.6. The molecule has 150 valence electrons. The van der Waals surface area contributed by atoms with Gasteiger partial charge in [-0.3, -0.25) is 0 Å². The molecule has 8 nitrogen and oxygen atoms in total. The van der Waals surface area contributed by atoms with Gasteiger partial charge in [0.1, 0.15) is 12.4 Å². The first-order valence-corrected chi connectivity index (χ1v) is 9.44. The first-order chi connectivity index (χ1) is 13.5. The number of carbonyl (C=O) groups excluding carboxylic acids is 1. The summed E-state index contributed by atoms with van der Waals surface area (Å²) in [6, 6.07) is 5.15. The van der Waals surface area contributed by atoms with Crippen LogP contribution in [0.1, 0.15) is 46.2 Å². The van der Waals surface area contributed by atoms with Gasteiger partial charge in [0.15, 0.2) is 11.5 Å². The van der Waals surface area contributed by atoms with Gasteiger partial charge in [-0.25, -0.2) is 9.48 Å². The molecule has 1 aromatic carbocycles. The molecule has 1 aromatic heterocycles. The average Bonchev–Trinajstić information content (AvgIpc) is 3.09. The Morgan fingerprint density at radius 2 is 1.93 bits per heavy atom. The Balaban J connectivity index is 2.11. The van der Waals surface area contributed by atoms with Gasteiger partial charge in [0, 0.05) is 5.70 Å². The van der Waals surface area contributed by atoms with Crippen LogP contribution >= 0.6 is 0 Å². The van der Waals surface area contributed by atoms with Crippen LogP contribution in [0.2, 0.25) is 0 Å². The van der Waals surface area contributed by atoms with Crippen molar-refractivity contribution in [3.8, 4) is 11.5 Å². The second kappa shape index (κ2) is 8.33. The summed E-state index contributed by atoms with van der Waals surface area (Å²) in [7, 11) is 0. The van der Waals surface area contributed by atoms with Gasteiger partial charge < -0.3 is 19.5 Å². The van der Waals surface area contributed by atoms with Crippen LogP contribution in [0.5, 0.6) is 11.5 Å². The van der Waals surface area contributed by atoms with E-state index in [-0.39, 0.29) is 6.10 Å². The largest absolute Gasteiger partial charge is 0.490 e. The number of esters is 1. The van der Waals surface area contributed by atoms with Gasteiger partial charge >= 0.3 is 5.97 Å². The molecular weight excluding hydrogens is 360 g/mol. The minimum Gasteiger partial charge on any atom is -0.490 e. The molecular formula is C20H26N4O4. The molecule has 0 aliphatic carbocycles. The normalized spacial score (nSPS) is 15.9. The maximum absolute atomic E-state index is 12.9. The second-order valence-corrected chi connectivity index (χ2v) is 6.62. The lowest BCUT2D eigenvalue weighted by molar-refractivity contribution is -0.143. The molecule has 1 aliphatic rings. The summed E-state index contributed by atoms with van der Waals surface area (Å²) >= 11 is 0. The molecule has 0 spiro atoms. The number of allylic oxidation sites excluding steroid dienone is 1. The molecule has 0 fully saturated rings. The van der Waals surface area contributed by atoms with E-state index in [1.165, 1.54) is 6.33 Å². The van der Waals surface area contributed by atoms with Crippen molar-refractivity contribution in [1.29, 1.82) is 0 Å². The van der Waals surface area contributed by atoms with Crippen LogP contribution in [0.3, 0.4) is 0 Å². The van der Waals surface area contributed by atoms with Gasteiger partial charge in [-0.1, -0.05) is 6.07 Å². The Bertz CT molecular complexity index is 888. The molecule has 8 heteroatoms. The predicted molar refractivity (Wildman–Crippen MR) is 104 cm³/mol. The maximum atomic E-state index is 12.9. The SMILES string of the molecule is CCOc1ccc(C2C(C(=O)OC(C)C)=C(C)Nc3ncnn32)cc1OCC. The molecule has 28 heavy (non-hydrogen) atoms. The lowest BCUT2D eigenvalue weighted by Gasteiger charge is -2.29. The van der Waals surface area contributed by atoms with Crippen molar-refractivity contribution < 1.29 is 19.0 Å². The summed E-state index contributed by atoms with van der Waals surface area (Å²) in [6.45, 7) is 10.3.